The average Bonchev–Trinajstić information content (AvgIpc) is 2.45. The standard InChI is InChI=1S/C17H21N3O/c1-12-6-5-7-14(10-12)20(4)17(21)15-11-13(18)8-9-16(15)19(2)3/h5-11H,18H2,1-4H3. The van der Waals surface area contributed by atoms with Gasteiger partial charge in [0.1, 0.15) is 0 Å². The zero-order chi connectivity index (χ0) is 15.6. The molecule has 4 heteroatoms. The number of anilines is 3. The number of hydrogen-bond donors (Lipinski definition) is 1. The van der Waals surface area contributed by atoms with Crippen LogP contribution in [0.15, 0.2) is 42.5 Å². The van der Waals surface area contributed by atoms with E-state index in [0.717, 1.165) is 16.9 Å². The molecule has 2 rings (SSSR count). The fourth-order valence-electron chi connectivity index (χ4n) is 2.25. The maximum atomic E-state index is 12.8. The lowest BCUT2D eigenvalue weighted by molar-refractivity contribution is 0.0993. The summed E-state index contributed by atoms with van der Waals surface area (Å²) in [6.45, 7) is 2.01. The van der Waals surface area contributed by atoms with Crippen molar-refractivity contribution in [3.63, 3.8) is 0 Å². The van der Waals surface area contributed by atoms with Crippen molar-refractivity contribution in [2.45, 2.75) is 6.92 Å². The van der Waals surface area contributed by atoms with E-state index in [1.807, 2.05) is 56.3 Å². The number of nitrogens with two attached hydrogens (primary N) is 1. The third-order valence-corrected chi connectivity index (χ3v) is 3.43. The summed E-state index contributed by atoms with van der Waals surface area (Å²) < 4.78 is 0. The quantitative estimate of drug-likeness (QED) is 0.881. The van der Waals surface area contributed by atoms with Gasteiger partial charge in [-0.05, 0) is 42.8 Å². The fourth-order valence-corrected chi connectivity index (χ4v) is 2.25. The monoisotopic (exact) mass is 283 g/mol. The normalized spacial score (nSPS) is 10.3. The largest absolute Gasteiger partial charge is 0.399 e. The molecule has 0 bridgehead atoms. The van der Waals surface area contributed by atoms with Crippen molar-refractivity contribution >= 4 is 23.0 Å². The highest BCUT2D eigenvalue weighted by Gasteiger charge is 2.18. The van der Waals surface area contributed by atoms with Crippen LogP contribution in [0.2, 0.25) is 0 Å². The van der Waals surface area contributed by atoms with Gasteiger partial charge in [0, 0.05) is 38.2 Å². The van der Waals surface area contributed by atoms with Crippen LogP contribution in [0.3, 0.4) is 0 Å². The van der Waals surface area contributed by atoms with Gasteiger partial charge in [-0.15, -0.1) is 0 Å². The highest BCUT2D eigenvalue weighted by atomic mass is 16.2. The molecule has 4 nitrogen and oxygen atoms in total. The van der Waals surface area contributed by atoms with Crippen LogP contribution in [-0.2, 0) is 0 Å². The molecule has 0 radical (unpaired) electrons. The van der Waals surface area contributed by atoms with Gasteiger partial charge in [0.05, 0.1) is 5.56 Å². The predicted molar refractivity (Wildman–Crippen MR) is 89.1 cm³/mol. The lowest BCUT2D eigenvalue weighted by Gasteiger charge is -2.22. The van der Waals surface area contributed by atoms with E-state index in [9.17, 15) is 4.79 Å². The minimum atomic E-state index is -0.0726. The third kappa shape index (κ3) is 3.16. The molecular weight excluding hydrogens is 262 g/mol. The molecule has 0 spiro atoms. The molecule has 0 unspecified atom stereocenters. The number of benzene rings is 2. The third-order valence-electron chi connectivity index (χ3n) is 3.43. The number of hydrogen-bond acceptors (Lipinski definition) is 3. The smallest absolute Gasteiger partial charge is 0.260 e. The highest BCUT2D eigenvalue weighted by molar-refractivity contribution is 6.10. The van der Waals surface area contributed by atoms with E-state index in [0.29, 0.717) is 11.3 Å². The Kier molecular flexibility index (Phi) is 4.17. The van der Waals surface area contributed by atoms with E-state index in [2.05, 4.69) is 0 Å². The summed E-state index contributed by atoms with van der Waals surface area (Å²) in [6, 6.07) is 13.3. The maximum Gasteiger partial charge on any atom is 0.260 e. The molecule has 0 saturated carbocycles. The van der Waals surface area contributed by atoms with Crippen LogP contribution in [0.25, 0.3) is 0 Å². The van der Waals surface area contributed by atoms with Crippen LogP contribution in [0.4, 0.5) is 17.1 Å². The Morgan fingerprint density at radius 2 is 1.76 bits per heavy atom. The number of nitrogens with zero attached hydrogens (tertiary/aromatic N) is 2. The van der Waals surface area contributed by atoms with Crippen LogP contribution in [-0.4, -0.2) is 27.1 Å². The first-order chi connectivity index (χ1) is 9.90. The lowest BCUT2D eigenvalue weighted by atomic mass is 10.1. The van der Waals surface area contributed by atoms with Crippen molar-refractivity contribution in [1.82, 2.24) is 0 Å². The van der Waals surface area contributed by atoms with Gasteiger partial charge in [-0.2, -0.15) is 0 Å². The molecule has 0 atom stereocenters. The average molecular weight is 283 g/mol. The zero-order valence-electron chi connectivity index (χ0n) is 12.9. The van der Waals surface area contributed by atoms with Gasteiger partial charge in [-0.25, -0.2) is 0 Å². The van der Waals surface area contributed by atoms with Crippen LogP contribution >= 0.6 is 0 Å². The molecule has 21 heavy (non-hydrogen) atoms. The van der Waals surface area contributed by atoms with Crippen molar-refractivity contribution < 1.29 is 4.79 Å². The van der Waals surface area contributed by atoms with Gasteiger partial charge in [0.2, 0.25) is 0 Å². The summed E-state index contributed by atoms with van der Waals surface area (Å²) in [5, 5.41) is 0. The Morgan fingerprint density at radius 3 is 2.38 bits per heavy atom. The van der Waals surface area contributed by atoms with Crippen molar-refractivity contribution in [3.8, 4) is 0 Å². The molecule has 2 aromatic rings. The number of aryl methyl sites for hydroxylation is 1. The molecule has 0 aromatic heterocycles. The number of carbonyl (C=O) groups excluding carboxylic acids is 1. The van der Waals surface area contributed by atoms with Gasteiger partial charge in [0.25, 0.3) is 5.91 Å². The van der Waals surface area contributed by atoms with E-state index in [1.165, 1.54) is 0 Å². The second kappa shape index (κ2) is 5.87. The maximum absolute atomic E-state index is 12.8. The lowest BCUT2D eigenvalue weighted by Crippen LogP contribution is -2.28. The molecule has 2 N–H and O–H groups in total. The summed E-state index contributed by atoms with van der Waals surface area (Å²) in [5.74, 6) is -0.0726. The fraction of sp³-hybridized carbons (Fsp3) is 0.235. The van der Waals surface area contributed by atoms with Crippen LogP contribution < -0.4 is 15.5 Å². The first kappa shape index (κ1) is 14.9. The van der Waals surface area contributed by atoms with Gasteiger partial charge >= 0.3 is 0 Å². The minimum absolute atomic E-state index is 0.0726. The Bertz CT molecular complexity index is 665. The molecule has 0 aliphatic heterocycles. The Balaban J connectivity index is 2.42. The van der Waals surface area contributed by atoms with Gasteiger partial charge < -0.3 is 15.5 Å². The molecule has 110 valence electrons. The van der Waals surface area contributed by atoms with E-state index in [4.69, 9.17) is 5.73 Å². The van der Waals surface area contributed by atoms with E-state index in [1.54, 1.807) is 24.1 Å². The molecule has 0 fully saturated rings. The van der Waals surface area contributed by atoms with Crippen molar-refractivity contribution in [2.24, 2.45) is 0 Å². The van der Waals surface area contributed by atoms with Crippen LogP contribution in [0, 0.1) is 6.92 Å². The van der Waals surface area contributed by atoms with E-state index < -0.39 is 0 Å². The van der Waals surface area contributed by atoms with Crippen molar-refractivity contribution in [1.29, 1.82) is 0 Å². The molecular formula is C17H21N3O. The molecule has 1 amide bonds. The van der Waals surface area contributed by atoms with Gasteiger partial charge in [0.15, 0.2) is 0 Å². The number of nitrogen functional groups attached to an aromatic ring is 1. The highest BCUT2D eigenvalue weighted by Crippen LogP contribution is 2.25. The summed E-state index contributed by atoms with van der Waals surface area (Å²) in [4.78, 5) is 16.3. The second-order valence-electron chi connectivity index (χ2n) is 5.37. The number of carbonyl (C=O) groups is 1. The molecule has 2 aromatic carbocycles. The summed E-state index contributed by atoms with van der Waals surface area (Å²) >= 11 is 0. The SMILES string of the molecule is Cc1cccc(N(C)C(=O)c2cc(N)ccc2N(C)C)c1. The van der Waals surface area contributed by atoms with Crippen molar-refractivity contribution in [3.05, 3.63) is 53.6 Å². The molecule has 0 aliphatic carbocycles. The molecule has 0 saturated heterocycles. The Morgan fingerprint density at radius 1 is 1.05 bits per heavy atom. The first-order valence-corrected chi connectivity index (χ1v) is 6.81. The second-order valence-corrected chi connectivity index (χ2v) is 5.37. The summed E-state index contributed by atoms with van der Waals surface area (Å²) in [7, 11) is 5.60. The van der Waals surface area contributed by atoms with Crippen LogP contribution in [0.1, 0.15) is 15.9 Å². The summed E-state index contributed by atoms with van der Waals surface area (Å²) in [5.41, 5.74) is 9.87. The van der Waals surface area contributed by atoms with Gasteiger partial charge in [-0.1, -0.05) is 12.1 Å². The molecule has 0 heterocycles. The Hall–Kier alpha value is -2.49. The zero-order valence-corrected chi connectivity index (χ0v) is 12.9. The van der Waals surface area contributed by atoms with E-state index >= 15 is 0 Å². The minimum Gasteiger partial charge on any atom is -0.399 e. The first-order valence-electron chi connectivity index (χ1n) is 6.81. The Labute approximate surface area is 125 Å². The predicted octanol–water partition coefficient (Wildman–Crippen LogP) is 2.92. The molecule has 0 aliphatic rings. The number of rotatable bonds is 3. The van der Waals surface area contributed by atoms with Crippen molar-refractivity contribution in [2.75, 3.05) is 36.7 Å². The van der Waals surface area contributed by atoms with Gasteiger partial charge in [-0.3, -0.25) is 4.79 Å². The van der Waals surface area contributed by atoms with Crippen LogP contribution in [0.5, 0.6) is 0 Å². The van der Waals surface area contributed by atoms with E-state index in [-0.39, 0.29) is 5.91 Å². The summed E-state index contributed by atoms with van der Waals surface area (Å²) in [6.07, 6.45) is 0. The number of amides is 1. The topological polar surface area (TPSA) is 49.6 Å².